The van der Waals surface area contributed by atoms with Gasteiger partial charge in [0.05, 0.1) is 6.61 Å². The maximum Gasteiger partial charge on any atom is 0.0611 e. The molecule has 0 aromatic carbocycles. The monoisotopic (exact) mass is 243 g/mol. The Labute approximate surface area is 106 Å². The van der Waals surface area contributed by atoms with Gasteiger partial charge < -0.3 is 15.3 Å². The van der Waals surface area contributed by atoms with Gasteiger partial charge in [0, 0.05) is 37.8 Å². The van der Waals surface area contributed by atoms with Gasteiger partial charge in [-0.25, -0.2) is 0 Å². The first-order valence-corrected chi connectivity index (χ1v) is 6.79. The van der Waals surface area contributed by atoms with Crippen molar-refractivity contribution in [2.24, 2.45) is 0 Å². The average Bonchev–Trinajstić information content (AvgIpc) is 2.28. The number of likely N-dealkylation sites (N-methyl/N-ethyl adjacent to an activating group) is 2. The summed E-state index contributed by atoms with van der Waals surface area (Å²) in [4.78, 5) is 4.92. The van der Waals surface area contributed by atoms with Gasteiger partial charge in [0.1, 0.15) is 0 Å². The van der Waals surface area contributed by atoms with E-state index < -0.39 is 0 Å². The molecule has 0 aromatic rings. The smallest absolute Gasteiger partial charge is 0.0611 e. The predicted molar refractivity (Wildman–Crippen MR) is 72.3 cm³/mol. The van der Waals surface area contributed by atoms with Crippen LogP contribution >= 0.6 is 0 Å². The lowest BCUT2D eigenvalue weighted by Gasteiger charge is -2.40. The van der Waals surface area contributed by atoms with Crippen molar-refractivity contribution in [1.82, 2.24) is 15.1 Å². The van der Waals surface area contributed by atoms with E-state index in [-0.39, 0.29) is 12.1 Å². The molecule has 0 saturated carbocycles. The quantitative estimate of drug-likeness (QED) is 0.707. The average molecular weight is 243 g/mol. The van der Waals surface area contributed by atoms with Crippen molar-refractivity contribution >= 4 is 0 Å². The molecule has 0 bridgehead atoms. The summed E-state index contributed by atoms with van der Waals surface area (Å²) in [6.07, 6.45) is 1.01. The lowest BCUT2D eigenvalue weighted by Crippen LogP contribution is -2.53. The van der Waals surface area contributed by atoms with E-state index in [1.165, 1.54) is 0 Å². The van der Waals surface area contributed by atoms with E-state index in [9.17, 15) is 5.11 Å². The molecule has 102 valence electrons. The van der Waals surface area contributed by atoms with Crippen LogP contribution in [0.15, 0.2) is 0 Å². The number of aliphatic hydroxyl groups excluding tert-OH is 1. The van der Waals surface area contributed by atoms with Gasteiger partial charge in [-0.1, -0.05) is 6.92 Å². The van der Waals surface area contributed by atoms with Crippen LogP contribution in [0.2, 0.25) is 0 Å². The van der Waals surface area contributed by atoms with Crippen molar-refractivity contribution in [3.63, 3.8) is 0 Å². The lowest BCUT2D eigenvalue weighted by atomic mass is 9.98. The van der Waals surface area contributed by atoms with E-state index in [2.05, 4.69) is 42.9 Å². The molecular weight excluding hydrogens is 214 g/mol. The van der Waals surface area contributed by atoms with Crippen LogP contribution in [0.1, 0.15) is 27.2 Å². The first-order chi connectivity index (χ1) is 8.00. The fourth-order valence-electron chi connectivity index (χ4n) is 2.55. The zero-order valence-corrected chi connectivity index (χ0v) is 11.9. The Bertz CT molecular complexity index is 225. The minimum atomic E-state index is -0.127. The molecular formula is C13H29N3O. The Kier molecular flexibility index (Phi) is 5.86. The van der Waals surface area contributed by atoms with Crippen LogP contribution in [-0.4, -0.2) is 72.9 Å². The molecule has 0 aliphatic carbocycles. The maximum atomic E-state index is 9.46. The zero-order valence-electron chi connectivity index (χ0n) is 11.9. The maximum absolute atomic E-state index is 9.46. The van der Waals surface area contributed by atoms with Gasteiger partial charge >= 0.3 is 0 Å². The van der Waals surface area contributed by atoms with Crippen molar-refractivity contribution < 1.29 is 5.11 Å². The highest BCUT2D eigenvalue weighted by Gasteiger charge is 2.26. The molecule has 4 heteroatoms. The highest BCUT2D eigenvalue weighted by atomic mass is 16.3. The van der Waals surface area contributed by atoms with Crippen molar-refractivity contribution in [2.75, 3.05) is 46.4 Å². The molecule has 1 saturated heterocycles. The highest BCUT2D eigenvalue weighted by Crippen LogP contribution is 2.14. The van der Waals surface area contributed by atoms with Gasteiger partial charge in [0.15, 0.2) is 0 Å². The summed E-state index contributed by atoms with van der Waals surface area (Å²) in [7, 11) is 2.18. The lowest BCUT2D eigenvalue weighted by molar-refractivity contribution is 0.0803. The number of hydrogen-bond donors (Lipinski definition) is 2. The fourth-order valence-corrected chi connectivity index (χ4v) is 2.55. The van der Waals surface area contributed by atoms with Crippen LogP contribution in [-0.2, 0) is 0 Å². The fraction of sp³-hybridized carbons (Fsp3) is 1.00. The number of hydrogen-bond acceptors (Lipinski definition) is 4. The minimum Gasteiger partial charge on any atom is -0.394 e. The number of rotatable bonds is 6. The molecule has 4 nitrogen and oxygen atoms in total. The molecule has 1 aliphatic rings. The van der Waals surface area contributed by atoms with Gasteiger partial charge in [0.2, 0.25) is 0 Å². The summed E-state index contributed by atoms with van der Waals surface area (Å²) in [5, 5.41) is 12.8. The van der Waals surface area contributed by atoms with Crippen LogP contribution in [0.5, 0.6) is 0 Å². The molecule has 1 rings (SSSR count). The van der Waals surface area contributed by atoms with Gasteiger partial charge in [0.25, 0.3) is 0 Å². The van der Waals surface area contributed by atoms with Crippen molar-refractivity contribution in [3.05, 3.63) is 0 Å². The van der Waals surface area contributed by atoms with Crippen molar-refractivity contribution in [2.45, 2.75) is 38.8 Å². The SMILES string of the molecule is CCNC(C)(CO)CCN1CCN(C)CC1C. The predicted octanol–water partition coefficient (Wildman–Crippen LogP) is 0.373. The summed E-state index contributed by atoms with van der Waals surface area (Å²) in [6.45, 7) is 12.1. The van der Waals surface area contributed by atoms with Crippen LogP contribution < -0.4 is 5.32 Å². The minimum absolute atomic E-state index is 0.127. The van der Waals surface area contributed by atoms with E-state index in [4.69, 9.17) is 0 Å². The molecule has 0 aromatic heterocycles. The third-order valence-electron chi connectivity index (χ3n) is 3.87. The summed E-state index contributed by atoms with van der Waals surface area (Å²) in [6, 6.07) is 0.623. The second-order valence-corrected chi connectivity index (χ2v) is 5.65. The van der Waals surface area contributed by atoms with Gasteiger partial charge in [-0.2, -0.15) is 0 Å². The molecule has 2 atom stereocenters. The largest absolute Gasteiger partial charge is 0.394 e. The summed E-state index contributed by atoms with van der Waals surface area (Å²) >= 11 is 0. The molecule has 17 heavy (non-hydrogen) atoms. The van der Waals surface area contributed by atoms with E-state index in [1.807, 2.05) is 0 Å². The summed E-state index contributed by atoms with van der Waals surface area (Å²) < 4.78 is 0. The number of nitrogens with zero attached hydrogens (tertiary/aromatic N) is 2. The molecule has 2 unspecified atom stereocenters. The van der Waals surface area contributed by atoms with Crippen LogP contribution in [0, 0.1) is 0 Å². The molecule has 1 heterocycles. The second kappa shape index (κ2) is 6.69. The molecule has 1 aliphatic heterocycles. The van der Waals surface area contributed by atoms with Crippen molar-refractivity contribution in [3.8, 4) is 0 Å². The first kappa shape index (κ1) is 14.9. The molecule has 0 spiro atoms. The van der Waals surface area contributed by atoms with Crippen molar-refractivity contribution in [1.29, 1.82) is 0 Å². The zero-order chi connectivity index (χ0) is 12.9. The van der Waals surface area contributed by atoms with Crippen LogP contribution in [0.3, 0.4) is 0 Å². The summed E-state index contributed by atoms with van der Waals surface area (Å²) in [5.41, 5.74) is -0.127. The Morgan fingerprint density at radius 1 is 1.41 bits per heavy atom. The second-order valence-electron chi connectivity index (χ2n) is 5.65. The van der Waals surface area contributed by atoms with Crippen LogP contribution in [0.25, 0.3) is 0 Å². The van der Waals surface area contributed by atoms with Crippen LogP contribution in [0.4, 0.5) is 0 Å². The highest BCUT2D eigenvalue weighted by molar-refractivity contribution is 4.85. The number of aliphatic hydroxyl groups is 1. The van der Waals surface area contributed by atoms with E-state index >= 15 is 0 Å². The third-order valence-corrected chi connectivity index (χ3v) is 3.87. The topological polar surface area (TPSA) is 38.7 Å². The van der Waals surface area contributed by atoms with E-state index in [0.29, 0.717) is 6.04 Å². The first-order valence-electron chi connectivity index (χ1n) is 6.79. The van der Waals surface area contributed by atoms with E-state index in [0.717, 1.165) is 39.1 Å². The van der Waals surface area contributed by atoms with Gasteiger partial charge in [-0.15, -0.1) is 0 Å². The Morgan fingerprint density at radius 2 is 2.12 bits per heavy atom. The normalized spacial score (nSPS) is 27.0. The molecule has 0 amide bonds. The summed E-state index contributed by atoms with van der Waals surface area (Å²) in [5.74, 6) is 0. The third kappa shape index (κ3) is 4.54. The van der Waals surface area contributed by atoms with Gasteiger partial charge in [-0.3, -0.25) is 4.90 Å². The standard InChI is InChI=1S/C13H29N3O/c1-5-14-13(3,11-17)6-7-16-9-8-15(4)10-12(16)2/h12,14,17H,5-11H2,1-4H3. The Hall–Kier alpha value is -0.160. The Morgan fingerprint density at radius 3 is 2.65 bits per heavy atom. The van der Waals surface area contributed by atoms with Gasteiger partial charge in [-0.05, 0) is 33.9 Å². The molecule has 0 radical (unpaired) electrons. The van der Waals surface area contributed by atoms with E-state index in [1.54, 1.807) is 0 Å². The number of piperazine rings is 1. The molecule has 2 N–H and O–H groups in total. The molecule has 1 fully saturated rings. The number of nitrogens with one attached hydrogen (secondary N) is 1. The Balaban J connectivity index is 2.38.